The van der Waals surface area contributed by atoms with Crippen LogP contribution in [-0.4, -0.2) is 5.91 Å². The fraction of sp³-hybridized carbons (Fsp3) is 0.125. The van der Waals surface area contributed by atoms with Gasteiger partial charge in [0.05, 0.1) is 0 Å². The molecule has 1 atom stereocenters. The Morgan fingerprint density at radius 2 is 1.91 bits per heavy atom. The van der Waals surface area contributed by atoms with E-state index in [1.807, 2.05) is 0 Å². The fourth-order valence-electron chi connectivity index (χ4n) is 0.786. The summed E-state index contributed by atoms with van der Waals surface area (Å²) < 4.78 is 12.8. The minimum absolute atomic E-state index is 0.306. The van der Waals surface area contributed by atoms with Gasteiger partial charge in [-0.2, -0.15) is 0 Å². The van der Waals surface area contributed by atoms with Crippen LogP contribution in [0.2, 0.25) is 0 Å². The number of carbonyl (C=O) groups excluding carboxylic acids is 1. The molecule has 0 saturated heterocycles. The smallest absolute Gasteiger partial charge is 0.256 e. The predicted molar refractivity (Wildman–Crippen MR) is 39.5 cm³/mol. The van der Waals surface area contributed by atoms with Crippen LogP contribution in [0.3, 0.4) is 0 Å². The van der Waals surface area contributed by atoms with E-state index < -0.39 is 12.1 Å². The van der Waals surface area contributed by atoms with E-state index in [0.717, 1.165) is 0 Å². The quantitative estimate of drug-likeness (QED) is 0.681. The standard InChI is InChI=1S/C8H8FNO/c9-7(8(10)11)6-4-2-1-3-5-6/h1-5,7H,(H2,10,11). The Kier molecular flexibility index (Phi) is 2.21. The SMILES string of the molecule is NC(=O)C(F)c1ccccc1. The fourth-order valence-corrected chi connectivity index (χ4v) is 0.786. The van der Waals surface area contributed by atoms with Gasteiger partial charge in [0, 0.05) is 0 Å². The van der Waals surface area contributed by atoms with Crippen molar-refractivity contribution in [2.24, 2.45) is 5.73 Å². The van der Waals surface area contributed by atoms with Crippen molar-refractivity contribution in [1.82, 2.24) is 0 Å². The molecule has 0 spiro atoms. The van der Waals surface area contributed by atoms with E-state index in [0.29, 0.717) is 5.56 Å². The molecule has 1 aromatic rings. The van der Waals surface area contributed by atoms with Gasteiger partial charge in [-0.3, -0.25) is 4.79 Å². The van der Waals surface area contributed by atoms with Gasteiger partial charge in [-0.1, -0.05) is 30.3 Å². The highest BCUT2D eigenvalue weighted by Crippen LogP contribution is 2.15. The molecule has 11 heavy (non-hydrogen) atoms. The van der Waals surface area contributed by atoms with Gasteiger partial charge in [0.15, 0.2) is 0 Å². The number of alkyl halides is 1. The molecule has 0 aliphatic carbocycles. The Balaban J connectivity index is 2.85. The minimum atomic E-state index is -1.68. The number of nitrogens with two attached hydrogens (primary N) is 1. The van der Waals surface area contributed by atoms with Gasteiger partial charge in [-0.25, -0.2) is 4.39 Å². The Morgan fingerprint density at radius 3 is 2.36 bits per heavy atom. The Hall–Kier alpha value is -1.38. The summed E-state index contributed by atoms with van der Waals surface area (Å²) in [5, 5.41) is 0. The zero-order chi connectivity index (χ0) is 8.27. The molecule has 0 fully saturated rings. The number of primary amides is 1. The van der Waals surface area contributed by atoms with E-state index in [2.05, 4.69) is 0 Å². The van der Waals surface area contributed by atoms with Crippen LogP contribution in [0.25, 0.3) is 0 Å². The Morgan fingerprint density at radius 1 is 1.36 bits per heavy atom. The van der Waals surface area contributed by atoms with Crippen molar-refractivity contribution in [3.8, 4) is 0 Å². The van der Waals surface area contributed by atoms with Gasteiger partial charge < -0.3 is 5.73 Å². The van der Waals surface area contributed by atoms with Crippen molar-refractivity contribution in [3.05, 3.63) is 35.9 Å². The average Bonchev–Trinajstić information content (AvgIpc) is 2.05. The number of hydrogen-bond donors (Lipinski definition) is 1. The summed E-state index contributed by atoms with van der Waals surface area (Å²) >= 11 is 0. The first-order valence-corrected chi connectivity index (χ1v) is 3.20. The van der Waals surface area contributed by atoms with Crippen molar-refractivity contribution in [2.45, 2.75) is 6.17 Å². The molecule has 58 valence electrons. The molecular formula is C8H8FNO. The van der Waals surface area contributed by atoms with E-state index in [1.54, 1.807) is 18.2 Å². The molecule has 1 rings (SSSR count). The van der Waals surface area contributed by atoms with Crippen molar-refractivity contribution in [3.63, 3.8) is 0 Å². The molecule has 0 saturated carbocycles. The molecule has 1 aromatic carbocycles. The van der Waals surface area contributed by atoms with Crippen LogP contribution >= 0.6 is 0 Å². The molecule has 1 unspecified atom stereocenters. The molecule has 0 aromatic heterocycles. The monoisotopic (exact) mass is 153 g/mol. The van der Waals surface area contributed by atoms with Crippen LogP contribution in [0, 0.1) is 0 Å². The highest BCUT2D eigenvalue weighted by molar-refractivity contribution is 5.80. The second-order valence-electron chi connectivity index (χ2n) is 2.18. The number of carbonyl (C=O) groups is 1. The van der Waals surface area contributed by atoms with Crippen LogP contribution in [0.5, 0.6) is 0 Å². The molecule has 0 aliphatic heterocycles. The Bertz CT molecular complexity index is 248. The maximum Gasteiger partial charge on any atom is 0.256 e. The number of hydrogen-bond acceptors (Lipinski definition) is 1. The summed E-state index contributed by atoms with van der Waals surface area (Å²) in [7, 11) is 0. The molecule has 0 bridgehead atoms. The largest absolute Gasteiger partial charge is 0.367 e. The lowest BCUT2D eigenvalue weighted by Crippen LogP contribution is -2.17. The second-order valence-corrected chi connectivity index (χ2v) is 2.18. The topological polar surface area (TPSA) is 43.1 Å². The molecule has 1 amide bonds. The average molecular weight is 153 g/mol. The van der Waals surface area contributed by atoms with Gasteiger partial charge >= 0.3 is 0 Å². The molecule has 2 nitrogen and oxygen atoms in total. The van der Waals surface area contributed by atoms with Crippen LogP contribution in [0.15, 0.2) is 30.3 Å². The van der Waals surface area contributed by atoms with E-state index in [-0.39, 0.29) is 0 Å². The van der Waals surface area contributed by atoms with E-state index in [1.165, 1.54) is 12.1 Å². The van der Waals surface area contributed by atoms with E-state index >= 15 is 0 Å². The zero-order valence-corrected chi connectivity index (χ0v) is 5.83. The maximum absolute atomic E-state index is 12.8. The number of halogens is 1. The molecular weight excluding hydrogens is 145 g/mol. The van der Waals surface area contributed by atoms with Crippen molar-refractivity contribution in [1.29, 1.82) is 0 Å². The molecule has 2 N–H and O–H groups in total. The second kappa shape index (κ2) is 3.14. The van der Waals surface area contributed by atoms with E-state index in [4.69, 9.17) is 5.73 Å². The summed E-state index contributed by atoms with van der Waals surface area (Å²) in [6.07, 6.45) is -1.68. The summed E-state index contributed by atoms with van der Waals surface area (Å²) in [5.74, 6) is -0.948. The summed E-state index contributed by atoms with van der Waals surface area (Å²) in [5.41, 5.74) is 5.06. The Labute approximate surface area is 63.8 Å². The molecule has 3 heteroatoms. The third-order valence-electron chi connectivity index (χ3n) is 1.34. The van der Waals surface area contributed by atoms with Crippen molar-refractivity contribution < 1.29 is 9.18 Å². The predicted octanol–water partition coefficient (Wildman–Crippen LogP) is 1.18. The van der Waals surface area contributed by atoms with Gasteiger partial charge in [-0.15, -0.1) is 0 Å². The summed E-state index contributed by atoms with van der Waals surface area (Å²) in [4.78, 5) is 10.3. The molecule has 0 heterocycles. The zero-order valence-electron chi connectivity index (χ0n) is 5.83. The lowest BCUT2D eigenvalue weighted by Gasteiger charge is -2.01. The lowest BCUT2D eigenvalue weighted by molar-refractivity contribution is -0.122. The number of rotatable bonds is 2. The highest BCUT2D eigenvalue weighted by Gasteiger charge is 2.14. The van der Waals surface area contributed by atoms with Gasteiger partial charge in [-0.05, 0) is 5.56 Å². The number of benzene rings is 1. The van der Waals surface area contributed by atoms with Gasteiger partial charge in [0.1, 0.15) is 0 Å². The van der Waals surface area contributed by atoms with Crippen LogP contribution < -0.4 is 5.73 Å². The third kappa shape index (κ3) is 1.77. The van der Waals surface area contributed by atoms with E-state index in [9.17, 15) is 9.18 Å². The first kappa shape index (κ1) is 7.72. The van der Waals surface area contributed by atoms with Crippen LogP contribution in [-0.2, 0) is 4.79 Å². The van der Waals surface area contributed by atoms with Gasteiger partial charge in [0.2, 0.25) is 6.17 Å². The van der Waals surface area contributed by atoms with Crippen molar-refractivity contribution >= 4 is 5.91 Å². The minimum Gasteiger partial charge on any atom is -0.367 e. The van der Waals surface area contributed by atoms with Gasteiger partial charge in [0.25, 0.3) is 5.91 Å². The van der Waals surface area contributed by atoms with Crippen LogP contribution in [0.4, 0.5) is 4.39 Å². The molecule has 0 radical (unpaired) electrons. The first-order valence-electron chi connectivity index (χ1n) is 3.20. The maximum atomic E-state index is 12.8. The lowest BCUT2D eigenvalue weighted by atomic mass is 10.1. The van der Waals surface area contributed by atoms with Crippen LogP contribution in [0.1, 0.15) is 11.7 Å². The third-order valence-corrected chi connectivity index (χ3v) is 1.34. The summed E-state index contributed by atoms with van der Waals surface area (Å²) in [6, 6.07) is 8.11. The van der Waals surface area contributed by atoms with Crippen molar-refractivity contribution in [2.75, 3.05) is 0 Å². The normalized spacial score (nSPS) is 12.5. The molecule has 0 aliphatic rings. The highest BCUT2D eigenvalue weighted by atomic mass is 19.1. The summed E-state index contributed by atoms with van der Waals surface area (Å²) in [6.45, 7) is 0. The first-order chi connectivity index (χ1) is 5.22. The number of amides is 1.